The van der Waals surface area contributed by atoms with E-state index in [-0.39, 0.29) is 17.1 Å². The van der Waals surface area contributed by atoms with Crippen LogP contribution in [0.4, 0.5) is 0 Å². The Morgan fingerprint density at radius 3 is 0.901 bits per heavy atom. The zero-order chi connectivity index (χ0) is 52.4. The fourth-order valence-corrected chi connectivity index (χ4v) is 12.2. The standard InChI is InChI=1S/C72H40N8.Fe/c1-5-13-41(14-6-1)49-25-21-45-29-33-53-61(57(45)37-49)69-74-65(53)73-66-54-34-30-46-22-26-50(42-15-7-2-8-16-42)38-58(46)62(54)70(75-66)77-68-56-36-32-48-24-28-52(44-19-11-4-12-20-44)40-60(48)64(56)72(79-68)80-71-63-55(67(76-69)78-71)35-31-47-23-27-51(39-59(47)63)43-17-9-3-10-18-43;/h1-40H;/q-2;+2. The minimum Gasteiger partial charge on any atom is -0.357 e. The van der Waals surface area contributed by atoms with E-state index in [4.69, 9.17) is 39.9 Å². The number of hydrogen-bond acceptors (Lipinski definition) is 6. The van der Waals surface area contributed by atoms with Crippen LogP contribution in [-0.2, 0) is 17.1 Å². The molecule has 12 aromatic carbocycles. The van der Waals surface area contributed by atoms with Crippen molar-refractivity contribution in [2.45, 2.75) is 0 Å². The Hall–Kier alpha value is -10.4. The number of rotatable bonds is 4. The van der Waals surface area contributed by atoms with E-state index >= 15 is 0 Å². The molecule has 2 aliphatic heterocycles. The Bertz CT molecular complexity index is 5290. The quantitative estimate of drug-likeness (QED) is 0.161. The van der Waals surface area contributed by atoms with Crippen molar-refractivity contribution in [3.8, 4) is 90.1 Å². The molecule has 81 heavy (non-hydrogen) atoms. The molecule has 0 N–H and O–H groups in total. The monoisotopic (exact) mass is 1070 g/mol. The summed E-state index contributed by atoms with van der Waals surface area (Å²) in [5, 5.41) is 11.7. The Morgan fingerprint density at radius 2 is 0.519 bits per heavy atom. The molecule has 0 amide bonds. The van der Waals surface area contributed by atoms with Gasteiger partial charge in [-0.1, -0.05) is 218 Å². The van der Waals surface area contributed by atoms with Gasteiger partial charge < -0.3 is 29.9 Å². The van der Waals surface area contributed by atoms with Crippen molar-refractivity contribution < 1.29 is 17.1 Å². The summed E-state index contributed by atoms with van der Waals surface area (Å²) >= 11 is 0. The van der Waals surface area contributed by atoms with E-state index in [1.165, 1.54) is 0 Å². The van der Waals surface area contributed by atoms with E-state index in [2.05, 4.69) is 218 Å². The Balaban J connectivity index is 0.00000542. The Morgan fingerprint density at radius 1 is 0.222 bits per heavy atom. The van der Waals surface area contributed by atoms with Crippen molar-refractivity contribution >= 4 is 87.2 Å². The van der Waals surface area contributed by atoms with E-state index in [1.807, 2.05) is 24.3 Å². The van der Waals surface area contributed by atoms with Crippen LogP contribution in [0, 0.1) is 0 Å². The second-order valence-corrected chi connectivity index (χ2v) is 20.6. The summed E-state index contributed by atoms with van der Waals surface area (Å²) in [6.45, 7) is 0. The third kappa shape index (κ3) is 7.51. The van der Waals surface area contributed by atoms with Gasteiger partial charge in [0.1, 0.15) is 0 Å². The topological polar surface area (TPSA) is 106 Å². The third-order valence-corrected chi connectivity index (χ3v) is 16.1. The first-order valence-electron chi connectivity index (χ1n) is 26.8. The van der Waals surface area contributed by atoms with Gasteiger partial charge in [0.25, 0.3) is 0 Å². The summed E-state index contributed by atoms with van der Waals surface area (Å²) in [6, 6.07) is 85.4. The molecule has 8 nitrogen and oxygen atoms in total. The number of nitrogens with zero attached hydrogens (tertiary/aromatic N) is 8. The molecule has 3 aromatic heterocycles. The van der Waals surface area contributed by atoms with E-state index < -0.39 is 0 Å². The average molecular weight is 1070 g/mol. The largest absolute Gasteiger partial charge is 2.00 e. The zero-order valence-corrected chi connectivity index (χ0v) is 44.1. The van der Waals surface area contributed by atoms with Crippen LogP contribution in [0.1, 0.15) is 0 Å². The maximum Gasteiger partial charge on any atom is 2.00 e. The van der Waals surface area contributed by atoms with E-state index in [0.29, 0.717) is 45.9 Å². The Kier molecular flexibility index (Phi) is 10.6. The van der Waals surface area contributed by atoms with Crippen LogP contribution in [0.15, 0.2) is 243 Å². The van der Waals surface area contributed by atoms with Gasteiger partial charge in [0.15, 0.2) is 0 Å². The molecule has 0 radical (unpaired) electrons. The average Bonchev–Trinajstić information content (AvgIpc) is 4.45. The van der Waals surface area contributed by atoms with Crippen molar-refractivity contribution in [3.63, 3.8) is 0 Å². The fourth-order valence-electron chi connectivity index (χ4n) is 12.2. The number of benzene rings is 12. The second-order valence-electron chi connectivity index (χ2n) is 20.6. The van der Waals surface area contributed by atoms with Gasteiger partial charge in [-0.25, -0.2) is 9.97 Å². The molecule has 2 aliphatic rings. The molecule has 0 fully saturated rings. The predicted molar refractivity (Wildman–Crippen MR) is 326 cm³/mol. The summed E-state index contributed by atoms with van der Waals surface area (Å²) in [7, 11) is 0. The molecular formula is C72H40FeN8. The van der Waals surface area contributed by atoms with Crippen molar-refractivity contribution in [2.24, 2.45) is 0 Å². The van der Waals surface area contributed by atoms with Gasteiger partial charge in [0.05, 0.1) is 23.3 Å². The van der Waals surface area contributed by atoms with Crippen molar-refractivity contribution in [3.05, 3.63) is 243 Å². The number of fused-ring (bicyclic) bond motifs is 28. The van der Waals surface area contributed by atoms with Crippen LogP contribution in [0.2, 0.25) is 0 Å². The van der Waals surface area contributed by atoms with Crippen molar-refractivity contribution in [1.29, 1.82) is 0 Å². The summed E-state index contributed by atoms with van der Waals surface area (Å²) in [5.74, 6) is 2.00. The SMILES string of the molecule is [Fe+2].c1ccc(-c2ccc3ccc4c(c3c2)-c2nc-4nc3[n-]c(nc4nc(nc5[n-]c(n2)c2ccc6ccc(-c7ccccc7)cc6c52)-c2c-4ccc4ccc(-c5ccccc5)cc24)c2c4cc(-c5ccccc5)ccc4ccc32)cc1. The predicted octanol–water partition coefficient (Wildman–Crippen LogP) is 17.4. The molecule has 17 rings (SSSR count). The van der Waals surface area contributed by atoms with Gasteiger partial charge in [-0.2, -0.15) is 0 Å². The normalized spacial score (nSPS) is 11.9. The van der Waals surface area contributed by atoms with Crippen molar-refractivity contribution in [1.82, 2.24) is 39.9 Å². The summed E-state index contributed by atoms with van der Waals surface area (Å²) in [5.41, 5.74) is 14.2. The van der Waals surface area contributed by atoms with Gasteiger partial charge >= 0.3 is 17.1 Å². The molecule has 0 saturated carbocycles. The molecule has 15 aromatic rings. The first kappa shape index (κ1) is 46.6. The third-order valence-electron chi connectivity index (χ3n) is 16.1. The first-order chi connectivity index (χ1) is 39.6. The molecule has 0 unspecified atom stereocenters. The van der Waals surface area contributed by atoms with Gasteiger partial charge in [-0.3, -0.25) is 0 Å². The molecule has 5 heterocycles. The molecule has 8 bridgehead atoms. The van der Waals surface area contributed by atoms with Gasteiger partial charge in [-0.05, 0) is 123 Å². The van der Waals surface area contributed by atoms with Crippen LogP contribution in [0.3, 0.4) is 0 Å². The molecular weight excluding hydrogens is 1030 g/mol. The molecule has 0 saturated heterocycles. The maximum absolute atomic E-state index is 5.64. The van der Waals surface area contributed by atoms with Gasteiger partial charge in [-0.15, -0.1) is 0 Å². The first-order valence-corrected chi connectivity index (χ1v) is 26.8. The minimum absolute atomic E-state index is 0. The molecule has 0 atom stereocenters. The number of aromatic nitrogens is 8. The van der Waals surface area contributed by atoms with Crippen LogP contribution >= 0.6 is 0 Å². The molecule has 0 spiro atoms. The zero-order valence-electron chi connectivity index (χ0n) is 43.0. The molecule has 376 valence electrons. The van der Waals surface area contributed by atoms with Crippen LogP contribution in [0.5, 0.6) is 0 Å². The minimum atomic E-state index is 0. The van der Waals surface area contributed by atoms with Crippen LogP contribution in [0.25, 0.3) is 177 Å². The summed E-state index contributed by atoms with van der Waals surface area (Å²) < 4.78 is 0. The summed E-state index contributed by atoms with van der Waals surface area (Å²) in [4.78, 5) is 44.1. The number of hydrogen-bond donors (Lipinski definition) is 0. The van der Waals surface area contributed by atoms with Crippen molar-refractivity contribution in [2.75, 3.05) is 0 Å². The second kappa shape index (κ2) is 18.3. The molecule has 0 aliphatic carbocycles. The molecule has 9 heteroatoms. The van der Waals surface area contributed by atoms with Crippen LogP contribution in [-0.4, -0.2) is 29.9 Å². The fraction of sp³-hybridized carbons (Fsp3) is 0. The Labute approximate surface area is 474 Å². The van der Waals surface area contributed by atoms with E-state index in [0.717, 1.165) is 131 Å². The smallest absolute Gasteiger partial charge is 0.357 e. The summed E-state index contributed by atoms with van der Waals surface area (Å²) in [6.07, 6.45) is 0. The van der Waals surface area contributed by atoms with E-state index in [1.54, 1.807) is 0 Å². The van der Waals surface area contributed by atoms with Gasteiger partial charge in [0, 0.05) is 55.6 Å². The maximum atomic E-state index is 5.64. The van der Waals surface area contributed by atoms with Gasteiger partial charge in [0.2, 0.25) is 0 Å². The van der Waals surface area contributed by atoms with Crippen LogP contribution < -0.4 is 9.97 Å². The van der Waals surface area contributed by atoms with E-state index in [9.17, 15) is 0 Å².